The van der Waals surface area contributed by atoms with Gasteiger partial charge in [0.2, 0.25) is 0 Å². The molecule has 0 radical (unpaired) electrons. The second-order valence-electron chi connectivity index (χ2n) is 4.58. The van der Waals surface area contributed by atoms with Crippen molar-refractivity contribution in [3.8, 4) is 17.0 Å². The van der Waals surface area contributed by atoms with Gasteiger partial charge in [0.25, 0.3) is 0 Å². The number of halogens is 4. The molecule has 0 unspecified atom stereocenters. The first-order chi connectivity index (χ1) is 10.4. The van der Waals surface area contributed by atoms with Gasteiger partial charge in [-0.05, 0) is 24.3 Å². The SMILES string of the molecule is FC(F)(F)Oc1ccc2nc(-c3ccccc3)cc(Br)c2c1. The standard InChI is InChI=1S/C16H9BrF3NO/c17-13-9-15(10-4-2-1-3-5-10)21-14-7-6-11(8-12(13)14)22-16(18,19)20/h1-9H. The minimum absolute atomic E-state index is 0.269. The van der Waals surface area contributed by atoms with Gasteiger partial charge in [0.05, 0.1) is 11.2 Å². The Kier molecular flexibility index (Phi) is 3.78. The lowest BCUT2D eigenvalue weighted by molar-refractivity contribution is -0.274. The van der Waals surface area contributed by atoms with E-state index in [1.165, 1.54) is 18.2 Å². The Balaban J connectivity index is 2.07. The molecule has 0 fully saturated rings. The predicted octanol–water partition coefficient (Wildman–Crippen LogP) is 5.56. The van der Waals surface area contributed by atoms with E-state index in [0.717, 1.165) is 11.3 Å². The third-order valence-electron chi connectivity index (χ3n) is 3.03. The van der Waals surface area contributed by atoms with Crippen LogP contribution in [0.2, 0.25) is 0 Å². The van der Waals surface area contributed by atoms with Crippen LogP contribution in [0, 0.1) is 0 Å². The van der Waals surface area contributed by atoms with Crippen LogP contribution >= 0.6 is 15.9 Å². The molecule has 1 aromatic heterocycles. The first kappa shape index (κ1) is 14.8. The molecule has 3 rings (SSSR count). The highest BCUT2D eigenvalue weighted by atomic mass is 79.9. The molecule has 0 aliphatic carbocycles. The number of hydrogen-bond donors (Lipinski definition) is 0. The number of alkyl halides is 3. The fraction of sp³-hybridized carbons (Fsp3) is 0.0625. The molecule has 0 saturated heterocycles. The zero-order valence-electron chi connectivity index (χ0n) is 11.1. The number of benzene rings is 2. The van der Waals surface area contributed by atoms with Crippen molar-refractivity contribution < 1.29 is 17.9 Å². The highest BCUT2D eigenvalue weighted by Crippen LogP contribution is 2.32. The summed E-state index contributed by atoms with van der Waals surface area (Å²) >= 11 is 3.38. The van der Waals surface area contributed by atoms with Gasteiger partial charge in [0.15, 0.2) is 0 Å². The van der Waals surface area contributed by atoms with Crippen molar-refractivity contribution in [1.82, 2.24) is 4.98 Å². The zero-order chi connectivity index (χ0) is 15.7. The highest BCUT2D eigenvalue weighted by Gasteiger charge is 2.31. The average Bonchev–Trinajstić information content (AvgIpc) is 2.47. The van der Waals surface area contributed by atoms with E-state index in [4.69, 9.17) is 0 Å². The number of nitrogens with zero attached hydrogens (tertiary/aromatic N) is 1. The summed E-state index contributed by atoms with van der Waals surface area (Å²) in [6.07, 6.45) is -4.71. The smallest absolute Gasteiger partial charge is 0.406 e. The van der Waals surface area contributed by atoms with Gasteiger partial charge in [-0.2, -0.15) is 0 Å². The summed E-state index contributed by atoms with van der Waals surface area (Å²) in [4.78, 5) is 4.48. The van der Waals surface area contributed by atoms with Crippen LogP contribution in [0.4, 0.5) is 13.2 Å². The Morgan fingerprint density at radius 1 is 0.955 bits per heavy atom. The molecule has 0 saturated carbocycles. The zero-order valence-corrected chi connectivity index (χ0v) is 12.6. The Hall–Kier alpha value is -2.08. The molecular weight excluding hydrogens is 359 g/mol. The molecule has 0 spiro atoms. The van der Waals surface area contributed by atoms with E-state index in [2.05, 4.69) is 25.7 Å². The molecule has 2 aromatic carbocycles. The van der Waals surface area contributed by atoms with Gasteiger partial charge in [0, 0.05) is 15.4 Å². The summed E-state index contributed by atoms with van der Waals surface area (Å²) in [6.45, 7) is 0. The Bertz CT molecular complexity index is 819. The van der Waals surface area contributed by atoms with Gasteiger partial charge in [-0.3, -0.25) is 0 Å². The minimum Gasteiger partial charge on any atom is -0.406 e. The molecule has 0 bridgehead atoms. The molecule has 0 aliphatic rings. The first-order valence-corrected chi connectivity index (χ1v) is 7.13. The Labute approximate surface area is 132 Å². The molecule has 112 valence electrons. The molecule has 0 amide bonds. The summed E-state index contributed by atoms with van der Waals surface area (Å²) < 4.78 is 41.4. The second kappa shape index (κ2) is 5.61. The third kappa shape index (κ3) is 3.22. The van der Waals surface area contributed by atoms with Crippen LogP contribution in [0.1, 0.15) is 0 Å². The molecular formula is C16H9BrF3NO. The van der Waals surface area contributed by atoms with Crippen LogP contribution < -0.4 is 4.74 Å². The number of aromatic nitrogens is 1. The van der Waals surface area contributed by atoms with Gasteiger partial charge in [-0.25, -0.2) is 4.98 Å². The number of pyridine rings is 1. The van der Waals surface area contributed by atoms with Gasteiger partial charge in [-0.1, -0.05) is 46.3 Å². The van der Waals surface area contributed by atoms with Gasteiger partial charge in [0.1, 0.15) is 5.75 Å². The lowest BCUT2D eigenvalue weighted by Crippen LogP contribution is -2.17. The maximum absolute atomic E-state index is 12.3. The highest BCUT2D eigenvalue weighted by molar-refractivity contribution is 9.10. The van der Waals surface area contributed by atoms with Crippen molar-refractivity contribution in [2.24, 2.45) is 0 Å². The molecule has 0 aliphatic heterocycles. The molecule has 0 N–H and O–H groups in total. The lowest BCUT2D eigenvalue weighted by atomic mass is 10.1. The van der Waals surface area contributed by atoms with Crippen molar-refractivity contribution in [3.63, 3.8) is 0 Å². The summed E-state index contributed by atoms with van der Waals surface area (Å²) in [5.74, 6) is -0.269. The predicted molar refractivity (Wildman–Crippen MR) is 81.6 cm³/mol. The van der Waals surface area contributed by atoms with E-state index < -0.39 is 6.36 Å². The van der Waals surface area contributed by atoms with Crippen molar-refractivity contribution in [2.75, 3.05) is 0 Å². The van der Waals surface area contributed by atoms with Gasteiger partial charge >= 0.3 is 6.36 Å². The fourth-order valence-electron chi connectivity index (χ4n) is 2.12. The molecule has 22 heavy (non-hydrogen) atoms. The van der Waals surface area contributed by atoms with Crippen LogP contribution in [0.3, 0.4) is 0 Å². The summed E-state index contributed by atoms with van der Waals surface area (Å²) in [7, 11) is 0. The maximum atomic E-state index is 12.3. The van der Waals surface area contributed by atoms with E-state index in [1.54, 1.807) is 6.07 Å². The van der Waals surface area contributed by atoms with E-state index in [-0.39, 0.29) is 5.75 Å². The van der Waals surface area contributed by atoms with Crippen LogP contribution in [-0.2, 0) is 0 Å². The number of fused-ring (bicyclic) bond motifs is 1. The molecule has 3 aromatic rings. The first-order valence-electron chi connectivity index (χ1n) is 6.34. The van der Waals surface area contributed by atoms with Gasteiger partial charge in [-0.15, -0.1) is 13.2 Å². The normalized spacial score (nSPS) is 11.6. The quantitative estimate of drug-likeness (QED) is 0.591. The number of rotatable bonds is 2. The molecule has 1 heterocycles. The summed E-state index contributed by atoms with van der Waals surface area (Å²) in [5.41, 5.74) is 2.26. The second-order valence-corrected chi connectivity index (χ2v) is 5.44. The van der Waals surface area contributed by atoms with Crippen molar-refractivity contribution in [1.29, 1.82) is 0 Å². The van der Waals surface area contributed by atoms with E-state index in [9.17, 15) is 13.2 Å². The van der Waals surface area contributed by atoms with E-state index in [0.29, 0.717) is 15.4 Å². The minimum atomic E-state index is -4.71. The van der Waals surface area contributed by atoms with Crippen LogP contribution in [-0.4, -0.2) is 11.3 Å². The topological polar surface area (TPSA) is 22.1 Å². The van der Waals surface area contributed by atoms with Crippen molar-refractivity contribution in [3.05, 3.63) is 59.1 Å². The van der Waals surface area contributed by atoms with Crippen LogP contribution in [0.5, 0.6) is 5.75 Å². The number of hydrogen-bond acceptors (Lipinski definition) is 2. The Morgan fingerprint density at radius 3 is 2.36 bits per heavy atom. The third-order valence-corrected chi connectivity index (χ3v) is 3.69. The van der Waals surface area contributed by atoms with Crippen LogP contribution in [0.15, 0.2) is 59.1 Å². The summed E-state index contributed by atoms with van der Waals surface area (Å²) in [5, 5.41) is 0.557. The average molecular weight is 368 g/mol. The lowest BCUT2D eigenvalue weighted by Gasteiger charge is -2.11. The maximum Gasteiger partial charge on any atom is 0.573 e. The van der Waals surface area contributed by atoms with Gasteiger partial charge < -0.3 is 4.74 Å². The molecule has 6 heteroatoms. The van der Waals surface area contributed by atoms with E-state index >= 15 is 0 Å². The van der Waals surface area contributed by atoms with Crippen LogP contribution in [0.25, 0.3) is 22.2 Å². The fourth-order valence-corrected chi connectivity index (χ4v) is 2.65. The van der Waals surface area contributed by atoms with E-state index in [1.807, 2.05) is 30.3 Å². The number of ether oxygens (including phenoxy) is 1. The largest absolute Gasteiger partial charge is 0.573 e. The monoisotopic (exact) mass is 367 g/mol. The van der Waals surface area contributed by atoms with Crippen molar-refractivity contribution >= 4 is 26.8 Å². The summed E-state index contributed by atoms with van der Waals surface area (Å²) in [6, 6.07) is 15.4. The molecule has 2 nitrogen and oxygen atoms in total. The Morgan fingerprint density at radius 2 is 1.68 bits per heavy atom. The van der Waals surface area contributed by atoms with Crippen molar-refractivity contribution in [2.45, 2.75) is 6.36 Å². The molecule has 0 atom stereocenters.